The number of benzene rings is 1. The molecule has 1 aromatic carbocycles. The molecule has 0 aliphatic rings. The molecule has 2 rings (SSSR count). The Morgan fingerprint density at radius 1 is 1.23 bits per heavy atom. The van der Waals surface area contributed by atoms with Crippen LogP contribution in [0.25, 0.3) is 6.08 Å². The third-order valence-corrected chi connectivity index (χ3v) is 2.83. The van der Waals surface area contributed by atoms with Crippen LogP contribution in [0.1, 0.15) is 22.8 Å². The minimum Gasteiger partial charge on any atom is -0.450 e. The molecule has 1 heterocycles. The largest absolute Gasteiger partial charge is 0.450 e. The van der Waals surface area contributed by atoms with Crippen LogP contribution in [-0.2, 0) is 4.74 Å². The van der Waals surface area contributed by atoms with Gasteiger partial charge in [0, 0.05) is 18.0 Å². The second-order valence-electron chi connectivity index (χ2n) is 4.37. The summed E-state index contributed by atoms with van der Waals surface area (Å²) in [5.74, 6) is -0.154. The van der Waals surface area contributed by atoms with Gasteiger partial charge in [-0.15, -0.1) is 0 Å². The molecule has 0 saturated carbocycles. The van der Waals surface area contributed by atoms with Gasteiger partial charge in [0.05, 0.1) is 12.3 Å². The van der Waals surface area contributed by atoms with Crippen molar-refractivity contribution in [1.82, 2.24) is 4.98 Å². The van der Waals surface area contributed by atoms with E-state index in [1.165, 1.54) is 12.3 Å². The molecule has 112 valence electrons. The van der Waals surface area contributed by atoms with Crippen LogP contribution in [0.3, 0.4) is 0 Å². The molecule has 0 saturated heterocycles. The van der Waals surface area contributed by atoms with E-state index in [1.807, 2.05) is 6.07 Å². The molecule has 1 N–H and O–H groups in total. The van der Waals surface area contributed by atoms with Crippen molar-refractivity contribution in [2.45, 2.75) is 6.92 Å². The molecular weight excluding hydrogens is 280 g/mol. The number of carbonyl (C=O) groups is 2. The molecule has 5 nitrogen and oxygen atoms in total. The van der Waals surface area contributed by atoms with E-state index in [1.54, 1.807) is 49.5 Å². The minimum absolute atomic E-state index is 0.154. The van der Waals surface area contributed by atoms with Gasteiger partial charge < -0.3 is 4.74 Å². The van der Waals surface area contributed by atoms with E-state index in [-0.39, 0.29) is 5.78 Å². The summed E-state index contributed by atoms with van der Waals surface area (Å²) in [7, 11) is 0. The Morgan fingerprint density at radius 2 is 2.05 bits per heavy atom. The Morgan fingerprint density at radius 3 is 2.77 bits per heavy atom. The van der Waals surface area contributed by atoms with E-state index < -0.39 is 6.09 Å². The first-order chi connectivity index (χ1) is 10.7. The maximum atomic E-state index is 12.0. The van der Waals surface area contributed by atoms with Crippen LogP contribution < -0.4 is 5.32 Å². The van der Waals surface area contributed by atoms with Crippen molar-refractivity contribution in [3.05, 3.63) is 66.0 Å². The van der Waals surface area contributed by atoms with Crippen LogP contribution in [-0.4, -0.2) is 23.5 Å². The maximum absolute atomic E-state index is 12.0. The Bertz CT molecular complexity index is 681. The summed E-state index contributed by atoms with van der Waals surface area (Å²) >= 11 is 0. The number of para-hydroxylation sites is 1. The summed E-state index contributed by atoms with van der Waals surface area (Å²) in [5.41, 5.74) is 1.80. The van der Waals surface area contributed by atoms with Gasteiger partial charge in [-0.2, -0.15) is 0 Å². The first-order valence-corrected chi connectivity index (χ1v) is 6.86. The normalized spacial score (nSPS) is 10.4. The molecule has 0 aliphatic carbocycles. The first-order valence-electron chi connectivity index (χ1n) is 6.86. The Balaban J connectivity index is 2.14. The average molecular weight is 296 g/mol. The number of hydrogen-bond acceptors (Lipinski definition) is 4. The van der Waals surface area contributed by atoms with Crippen molar-refractivity contribution in [1.29, 1.82) is 0 Å². The van der Waals surface area contributed by atoms with Crippen molar-refractivity contribution < 1.29 is 14.3 Å². The van der Waals surface area contributed by atoms with Gasteiger partial charge in [0.25, 0.3) is 0 Å². The molecule has 0 spiro atoms. The number of pyridine rings is 1. The van der Waals surface area contributed by atoms with Gasteiger partial charge in [0.1, 0.15) is 0 Å². The molecule has 0 fully saturated rings. The lowest BCUT2D eigenvalue weighted by Gasteiger charge is -2.08. The van der Waals surface area contributed by atoms with Gasteiger partial charge in [-0.05, 0) is 42.8 Å². The lowest BCUT2D eigenvalue weighted by molar-refractivity contribution is 0.104. The monoisotopic (exact) mass is 296 g/mol. The van der Waals surface area contributed by atoms with Gasteiger partial charge in [-0.25, -0.2) is 4.79 Å². The van der Waals surface area contributed by atoms with Crippen LogP contribution in [0.5, 0.6) is 0 Å². The maximum Gasteiger partial charge on any atom is 0.411 e. The number of ketones is 1. The van der Waals surface area contributed by atoms with E-state index >= 15 is 0 Å². The van der Waals surface area contributed by atoms with Gasteiger partial charge in [-0.3, -0.25) is 15.1 Å². The fraction of sp³-hybridized carbons (Fsp3) is 0.118. The number of allylic oxidation sites excluding steroid dienone is 1. The lowest BCUT2D eigenvalue weighted by atomic mass is 10.1. The molecule has 22 heavy (non-hydrogen) atoms. The molecule has 1 aromatic heterocycles. The second kappa shape index (κ2) is 7.73. The molecular formula is C17H16N2O3. The third-order valence-electron chi connectivity index (χ3n) is 2.83. The van der Waals surface area contributed by atoms with Crippen LogP contribution >= 0.6 is 0 Å². The zero-order valence-corrected chi connectivity index (χ0v) is 12.2. The van der Waals surface area contributed by atoms with Gasteiger partial charge >= 0.3 is 6.09 Å². The smallest absolute Gasteiger partial charge is 0.411 e. The zero-order valence-electron chi connectivity index (χ0n) is 12.2. The molecule has 0 unspecified atom stereocenters. The summed E-state index contributed by atoms with van der Waals surface area (Å²) in [4.78, 5) is 27.4. The number of ether oxygens (including phenoxy) is 1. The molecule has 0 atom stereocenters. The molecule has 0 aliphatic heterocycles. The fourth-order valence-corrected chi connectivity index (χ4v) is 1.80. The summed E-state index contributed by atoms with van der Waals surface area (Å²) in [6.45, 7) is 2.03. The third kappa shape index (κ3) is 4.28. The van der Waals surface area contributed by atoms with E-state index in [0.717, 1.165) is 0 Å². The highest BCUT2D eigenvalue weighted by molar-refractivity contribution is 6.07. The number of rotatable bonds is 5. The predicted molar refractivity (Wildman–Crippen MR) is 84.7 cm³/mol. The van der Waals surface area contributed by atoms with E-state index in [2.05, 4.69) is 10.3 Å². The number of nitrogens with one attached hydrogen (secondary N) is 1. The van der Waals surface area contributed by atoms with Gasteiger partial charge in [-0.1, -0.05) is 18.2 Å². The highest BCUT2D eigenvalue weighted by Gasteiger charge is 2.06. The topological polar surface area (TPSA) is 68.3 Å². The van der Waals surface area contributed by atoms with E-state index in [9.17, 15) is 9.59 Å². The average Bonchev–Trinajstić information content (AvgIpc) is 2.55. The van der Waals surface area contributed by atoms with Crippen LogP contribution in [0, 0.1) is 0 Å². The Labute approximate surface area is 128 Å². The van der Waals surface area contributed by atoms with Crippen molar-refractivity contribution in [3.8, 4) is 0 Å². The predicted octanol–water partition coefficient (Wildman–Crippen LogP) is 3.55. The summed E-state index contributed by atoms with van der Waals surface area (Å²) in [6.07, 6.45) is 5.69. The fourth-order valence-electron chi connectivity index (χ4n) is 1.80. The quantitative estimate of drug-likeness (QED) is 0.676. The number of aromatic nitrogens is 1. The van der Waals surface area contributed by atoms with E-state index in [4.69, 9.17) is 4.74 Å². The minimum atomic E-state index is -0.526. The number of nitrogens with zero attached hydrogens (tertiary/aromatic N) is 1. The van der Waals surface area contributed by atoms with Crippen LogP contribution in [0.2, 0.25) is 0 Å². The van der Waals surface area contributed by atoms with Crippen LogP contribution in [0.4, 0.5) is 10.5 Å². The zero-order chi connectivity index (χ0) is 15.8. The highest BCUT2D eigenvalue weighted by Crippen LogP contribution is 2.17. The second-order valence-corrected chi connectivity index (χ2v) is 4.37. The summed E-state index contributed by atoms with van der Waals surface area (Å²) in [5, 5.41) is 2.64. The SMILES string of the molecule is CCOC(=O)Nc1ccccc1C=CC(=O)c1cccnc1. The molecule has 1 amide bonds. The molecule has 0 bridgehead atoms. The van der Waals surface area contributed by atoms with Gasteiger partial charge in [0.2, 0.25) is 0 Å². The number of amides is 1. The first kappa shape index (κ1) is 15.4. The number of hydrogen-bond donors (Lipinski definition) is 1. The van der Waals surface area contributed by atoms with Gasteiger partial charge in [0.15, 0.2) is 5.78 Å². The standard InChI is InChI=1S/C17H16N2O3/c1-2-22-17(21)19-15-8-4-3-6-13(15)9-10-16(20)14-7-5-11-18-12-14/h3-12H,2H2,1H3,(H,19,21). The van der Waals surface area contributed by atoms with Crippen molar-refractivity contribution in [3.63, 3.8) is 0 Å². The number of anilines is 1. The van der Waals surface area contributed by atoms with E-state index in [0.29, 0.717) is 23.4 Å². The lowest BCUT2D eigenvalue weighted by Crippen LogP contribution is -2.13. The highest BCUT2D eigenvalue weighted by atomic mass is 16.5. The van der Waals surface area contributed by atoms with Crippen LogP contribution in [0.15, 0.2) is 54.9 Å². The summed E-state index contributed by atoms with van der Waals surface area (Å²) in [6, 6.07) is 10.6. The Hall–Kier alpha value is -2.95. The van der Waals surface area contributed by atoms with Crippen molar-refractivity contribution >= 4 is 23.6 Å². The van der Waals surface area contributed by atoms with Crippen molar-refractivity contribution in [2.24, 2.45) is 0 Å². The molecule has 5 heteroatoms. The van der Waals surface area contributed by atoms with Crippen molar-refractivity contribution in [2.75, 3.05) is 11.9 Å². The summed E-state index contributed by atoms with van der Waals surface area (Å²) < 4.78 is 4.85. The molecule has 0 radical (unpaired) electrons. The Kier molecular flexibility index (Phi) is 5.43. The molecule has 2 aromatic rings. The number of carbonyl (C=O) groups excluding carboxylic acids is 2.